The topological polar surface area (TPSA) is 47.6 Å². The second kappa shape index (κ2) is 9.92. The summed E-state index contributed by atoms with van der Waals surface area (Å²) in [6.07, 6.45) is 1.48. The van der Waals surface area contributed by atoms with Gasteiger partial charge in [-0.2, -0.15) is 0 Å². The first kappa shape index (κ1) is 19.9. The third kappa shape index (κ3) is 6.15. The van der Waals surface area contributed by atoms with Crippen molar-refractivity contribution in [1.29, 1.82) is 0 Å². The van der Waals surface area contributed by atoms with Gasteiger partial charge >= 0.3 is 0 Å². The average Bonchev–Trinajstić information content (AvgIpc) is 2.62. The molecule has 26 heavy (non-hydrogen) atoms. The summed E-state index contributed by atoms with van der Waals surface area (Å²) in [6.45, 7) is 6.58. The van der Waals surface area contributed by atoms with Gasteiger partial charge in [-0.15, -0.1) is 0 Å². The van der Waals surface area contributed by atoms with Gasteiger partial charge in [0.1, 0.15) is 24.3 Å². The van der Waals surface area contributed by atoms with E-state index in [0.717, 1.165) is 29.7 Å². The molecule has 0 heterocycles. The van der Waals surface area contributed by atoms with Crippen LogP contribution in [0.1, 0.15) is 37.8 Å². The van der Waals surface area contributed by atoms with Gasteiger partial charge in [-0.1, -0.05) is 25.5 Å². The minimum atomic E-state index is -0.496. The monoisotopic (exact) mass is 359 g/mol. The van der Waals surface area contributed by atoms with E-state index in [0.29, 0.717) is 12.4 Å². The third-order valence-electron chi connectivity index (χ3n) is 3.99. The molecule has 2 aromatic rings. The minimum absolute atomic E-state index is 0.169. The number of unbranched alkanes of at least 4 members (excludes halogenated alkanes) is 1. The van der Waals surface area contributed by atoms with E-state index in [-0.39, 0.29) is 18.3 Å². The molecule has 140 valence electrons. The van der Waals surface area contributed by atoms with Crippen LogP contribution in [0.15, 0.2) is 42.5 Å². The van der Waals surface area contributed by atoms with E-state index < -0.39 is 6.10 Å². The first-order valence-electron chi connectivity index (χ1n) is 8.90. The molecule has 0 bridgehead atoms. The fourth-order valence-corrected chi connectivity index (χ4v) is 2.37. The van der Waals surface area contributed by atoms with Crippen molar-refractivity contribution in [3.8, 4) is 5.75 Å². The second-order valence-corrected chi connectivity index (χ2v) is 6.25. The van der Waals surface area contributed by atoms with E-state index in [1.54, 1.807) is 25.1 Å². The molecule has 1 amide bonds. The van der Waals surface area contributed by atoms with Crippen LogP contribution in [0.2, 0.25) is 0 Å². The number of nitrogens with one attached hydrogen (secondary N) is 1. The molecule has 5 heteroatoms. The van der Waals surface area contributed by atoms with Crippen LogP contribution in [0.4, 0.5) is 10.1 Å². The maximum absolute atomic E-state index is 13.2. The van der Waals surface area contributed by atoms with Crippen LogP contribution < -0.4 is 10.1 Å². The van der Waals surface area contributed by atoms with Gasteiger partial charge in [0.2, 0.25) is 0 Å². The van der Waals surface area contributed by atoms with Crippen LogP contribution in [-0.4, -0.2) is 18.6 Å². The van der Waals surface area contributed by atoms with Gasteiger partial charge in [0, 0.05) is 12.3 Å². The molecule has 1 N–H and O–H groups in total. The number of carbonyl (C=O) groups is 1. The van der Waals surface area contributed by atoms with Gasteiger partial charge in [-0.3, -0.25) is 4.79 Å². The molecule has 0 aliphatic carbocycles. The highest BCUT2D eigenvalue weighted by atomic mass is 19.1. The first-order valence-corrected chi connectivity index (χ1v) is 8.90. The Morgan fingerprint density at radius 2 is 2.04 bits per heavy atom. The Kier molecular flexibility index (Phi) is 7.60. The van der Waals surface area contributed by atoms with Gasteiger partial charge in [0.05, 0.1) is 0 Å². The molecule has 1 atom stereocenters. The first-order chi connectivity index (χ1) is 12.5. The summed E-state index contributed by atoms with van der Waals surface area (Å²) >= 11 is 0. The summed E-state index contributed by atoms with van der Waals surface area (Å²) in [4.78, 5) is 12.2. The van der Waals surface area contributed by atoms with Crippen molar-refractivity contribution in [3.63, 3.8) is 0 Å². The van der Waals surface area contributed by atoms with E-state index in [9.17, 15) is 9.18 Å². The van der Waals surface area contributed by atoms with Crippen LogP contribution in [0.3, 0.4) is 0 Å². The Hall–Kier alpha value is -2.40. The molecule has 0 saturated heterocycles. The van der Waals surface area contributed by atoms with E-state index in [1.165, 1.54) is 12.1 Å². The van der Waals surface area contributed by atoms with Crippen LogP contribution >= 0.6 is 0 Å². The summed E-state index contributed by atoms with van der Waals surface area (Å²) in [5.74, 6) is 0.213. The summed E-state index contributed by atoms with van der Waals surface area (Å²) in [5, 5.41) is 2.88. The number of rotatable bonds is 9. The lowest BCUT2D eigenvalue weighted by Crippen LogP contribution is -2.28. The molecule has 0 aliphatic heterocycles. The van der Waals surface area contributed by atoms with Gasteiger partial charge in [0.25, 0.3) is 5.91 Å². The Morgan fingerprint density at radius 3 is 2.73 bits per heavy atom. The Balaban J connectivity index is 1.91. The summed E-state index contributed by atoms with van der Waals surface area (Å²) in [7, 11) is 0. The smallest absolute Gasteiger partial charge is 0.253 e. The van der Waals surface area contributed by atoms with Gasteiger partial charge < -0.3 is 14.8 Å². The van der Waals surface area contributed by atoms with Crippen molar-refractivity contribution in [2.75, 3.05) is 11.9 Å². The molecular weight excluding hydrogens is 333 g/mol. The Labute approximate surface area is 154 Å². The number of ether oxygens (including phenoxy) is 2. The molecule has 0 aliphatic rings. The maximum Gasteiger partial charge on any atom is 0.253 e. The number of anilines is 1. The molecule has 2 aromatic carbocycles. The van der Waals surface area contributed by atoms with Crippen molar-refractivity contribution >= 4 is 11.6 Å². The summed E-state index contributed by atoms with van der Waals surface area (Å²) in [5.41, 5.74) is 2.37. The highest BCUT2D eigenvalue weighted by Crippen LogP contribution is 2.22. The Bertz CT molecular complexity index is 733. The SMILES string of the molecule is CCCCOC(C)C(=O)Nc1ccc(OCc2cccc(F)c2)cc1C. The van der Waals surface area contributed by atoms with Crippen LogP contribution in [0, 0.1) is 12.7 Å². The number of hydrogen-bond acceptors (Lipinski definition) is 3. The number of carbonyl (C=O) groups excluding carboxylic acids is 1. The zero-order valence-corrected chi connectivity index (χ0v) is 15.5. The number of aryl methyl sites for hydroxylation is 1. The van der Waals surface area contributed by atoms with E-state index in [4.69, 9.17) is 9.47 Å². The molecule has 4 nitrogen and oxygen atoms in total. The third-order valence-corrected chi connectivity index (χ3v) is 3.99. The van der Waals surface area contributed by atoms with E-state index in [1.807, 2.05) is 19.1 Å². The average molecular weight is 359 g/mol. The normalized spacial score (nSPS) is 11.8. The van der Waals surface area contributed by atoms with Gasteiger partial charge in [-0.25, -0.2) is 4.39 Å². The molecule has 0 fully saturated rings. The highest BCUT2D eigenvalue weighted by molar-refractivity contribution is 5.94. The van der Waals surface area contributed by atoms with Crippen molar-refractivity contribution < 1.29 is 18.7 Å². The number of hydrogen-bond donors (Lipinski definition) is 1. The fourth-order valence-electron chi connectivity index (χ4n) is 2.37. The fraction of sp³-hybridized carbons (Fsp3) is 0.381. The molecule has 0 saturated carbocycles. The van der Waals surface area contributed by atoms with Crippen LogP contribution in [-0.2, 0) is 16.1 Å². The standard InChI is InChI=1S/C21H26FNO3/c1-4-5-11-25-16(3)21(24)23-20-10-9-19(12-15(20)2)26-14-17-7-6-8-18(22)13-17/h6-10,12-13,16H,4-5,11,14H2,1-3H3,(H,23,24). The second-order valence-electron chi connectivity index (χ2n) is 6.25. The quantitative estimate of drug-likeness (QED) is 0.651. The minimum Gasteiger partial charge on any atom is -0.489 e. The number of halogens is 1. The van der Waals surface area contributed by atoms with Crippen molar-refractivity contribution in [1.82, 2.24) is 0 Å². The van der Waals surface area contributed by atoms with Gasteiger partial charge in [0.15, 0.2) is 0 Å². The summed E-state index contributed by atoms with van der Waals surface area (Å²) < 4.78 is 24.4. The molecule has 0 spiro atoms. The highest BCUT2D eigenvalue weighted by Gasteiger charge is 2.14. The lowest BCUT2D eigenvalue weighted by molar-refractivity contribution is -0.126. The van der Waals surface area contributed by atoms with Gasteiger partial charge in [-0.05, 0) is 61.7 Å². The predicted molar refractivity (Wildman–Crippen MR) is 101 cm³/mol. The number of benzene rings is 2. The van der Waals surface area contributed by atoms with Crippen LogP contribution in [0.5, 0.6) is 5.75 Å². The van der Waals surface area contributed by atoms with Crippen molar-refractivity contribution in [2.24, 2.45) is 0 Å². The Morgan fingerprint density at radius 1 is 1.23 bits per heavy atom. The largest absolute Gasteiger partial charge is 0.489 e. The number of amides is 1. The zero-order chi connectivity index (χ0) is 18.9. The van der Waals surface area contributed by atoms with E-state index >= 15 is 0 Å². The lowest BCUT2D eigenvalue weighted by Gasteiger charge is -2.15. The zero-order valence-electron chi connectivity index (χ0n) is 15.5. The summed E-state index contributed by atoms with van der Waals surface area (Å²) in [6, 6.07) is 11.7. The lowest BCUT2D eigenvalue weighted by atomic mass is 10.2. The molecule has 0 radical (unpaired) electrons. The molecule has 0 aromatic heterocycles. The molecule has 2 rings (SSSR count). The van der Waals surface area contributed by atoms with Crippen molar-refractivity contribution in [2.45, 2.75) is 46.3 Å². The molecular formula is C21H26FNO3. The van der Waals surface area contributed by atoms with Crippen LogP contribution in [0.25, 0.3) is 0 Å². The predicted octanol–water partition coefficient (Wildman–Crippen LogP) is 4.86. The van der Waals surface area contributed by atoms with E-state index in [2.05, 4.69) is 12.2 Å². The molecule has 1 unspecified atom stereocenters. The van der Waals surface area contributed by atoms with Crippen molar-refractivity contribution in [3.05, 3.63) is 59.4 Å². The maximum atomic E-state index is 13.2.